The number of alkyl halides is 3. The summed E-state index contributed by atoms with van der Waals surface area (Å²) >= 11 is 5.98. The number of carbonyl (C=O) groups is 1. The highest BCUT2D eigenvalue weighted by Gasteiger charge is 2.32. The summed E-state index contributed by atoms with van der Waals surface area (Å²) in [6.07, 6.45) is -3.72. The van der Waals surface area contributed by atoms with Gasteiger partial charge in [-0.15, -0.1) is 0 Å². The summed E-state index contributed by atoms with van der Waals surface area (Å²) in [7, 11) is 1.36. The van der Waals surface area contributed by atoms with Crippen molar-refractivity contribution >= 4 is 23.3 Å². The first-order valence-corrected chi connectivity index (χ1v) is 9.14. The Hall–Kier alpha value is -2.55. The van der Waals surface area contributed by atoms with E-state index in [2.05, 4.69) is 4.98 Å². The second-order valence-electron chi connectivity index (χ2n) is 6.54. The van der Waals surface area contributed by atoms with E-state index in [0.717, 1.165) is 12.3 Å². The van der Waals surface area contributed by atoms with Gasteiger partial charge in [0, 0.05) is 32.4 Å². The molecule has 10 heteroatoms. The molecule has 3 rings (SSSR count). The fourth-order valence-corrected chi connectivity index (χ4v) is 3.38. The molecule has 0 N–H and O–H groups in total. The number of ether oxygens (including phenoxy) is 1. The highest BCUT2D eigenvalue weighted by molar-refractivity contribution is 6.33. The average Bonchev–Trinajstić information content (AvgIpc) is 2.67. The number of benzene rings is 1. The standard InChI is InChI=1S/C19H18ClF4N3O2/c1-29-16-3-2-12(8-15(16)21)9-17(28)26-4-6-27(7-5-26)18-14(20)10-13(11-25-18)19(22,23)24/h2-3,8,10-11H,4-7,9H2,1H3. The molecule has 1 aromatic carbocycles. The van der Waals surface area contributed by atoms with Crippen molar-refractivity contribution in [2.24, 2.45) is 0 Å². The second-order valence-corrected chi connectivity index (χ2v) is 6.95. The molecule has 0 unspecified atom stereocenters. The molecule has 29 heavy (non-hydrogen) atoms. The van der Waals surface area contributed by atoms with Gasteiger partial charge in [0.2, 0.25) is 5.91 Å². The van der Waals surface area contributed by atoms with Gasteiger partial charge in [-0.05, 0) is 23.8 Å². The SMILES string of the molecule is COc1ccc(CC(=O)N2CCN(c3ncc(C(F)(F)F)cc3Cl)CC2)cc1F. The minimum atomic E-state index is -4.51. The van der Waals surface area contributed by atoms with E-state index < -0.39 is 17.6 Å². The first kappa shape index (κ1) is 21.2. The van der Waals surface area contributed by atoms with Crippen molar-refractivity contribution < 1.29 is 27.1 Å². The van der Waals surface area contributed by atoms with Crippen LogP contribution >= 0.6 is 11.6 Å². The maximum atomic E-state index is 13.8. The van der Waals surface area contributed by atoms with Crippen molar-refractivity contribution in [3.63, 3.8) is 0 Å². The van der Waals surface area contributed by atoms with Gasteiger partial charge in [0.15, 0.2) is 11.6 Å². The fraction of sp³-hybridized carbons (Fsp3) is 0.368. The van der Waals surface area contributed by atoms with Gasteiger partial charge in [-0.3, -0.25) is 4.79 Å². The third kappa shape index (κ3) is 4.90. The van der Waals surface area contributed by atoms with Gasteiger partial charge >= 0.3 is 6.18 Å². The Morgan fingerprint density at radius 2 is 1.90 bits per heavy atom. The van der Waals surface area contributed by atoms with Crippen LogP contribution in [0.3, 0.4) is 0 Å². The molecule has 1 saturated heterocycles. The van der Waals surface area contributed by atoms with Crippen LogP contribution in [0.4, 0.5) is 23.4 Å². The maximum absolute atomic E-state index is 13.8. The van der Waals surface area contributed by atoms with Crippen LogP contribution in [0.5, 0.6) is 5.75 Å². The number of nitrogens with zero attached hydrogens (tertiary/aromatic N) is 3. The summed E-state index contributed by atoms with van der Waals surface area (Å²) in [5.41, 5.74) is -0.380. The minimum absolute atomic E-state index is 0.0419. The lowest BCUT2D eigenvalue weighted by molar-refractivity contribution is -0.137. The predicted octanol–water partition coefficient (Wildman–Crippen LogP) is 3.79. The fourth-order valence-electron chi connectivity index (χ4n) is 3.09. The molecule has 1 aromatic heterocycles. The van der Waals surface area contributed by atoms with E-state index in [-0.39, 0.29) is 28.9 Å². The number of amides is 1. The van der Waals surface area contributed by atoms with E-state index >= 15 is 0 Å². The molecule has 5 nitrogen and oxygen atoms in total. The number of piperazine rings is 1. The molecule has 0 bridgehead atoms. The van der Waals surface area contributed by atoms with Crippen molar-refractivity contribution in [1.29, 1.82) is 0 Å². The molecule has 1 aliphatic rings. The first-order valence-electron chi connectivity index (χ1n) is 8.77. The third-order valence-electron chi connectivity index (χ3n) is 4.65. The van der Waals surface area contributed by atoms with Crippen molar-refractivity contribution in [1.82, 2.24) is 9.88 Å². The lowest BCUT2D eigenvalue weighted by Crippen LogP contribution is -2.49. The van der Waals surface area contributed by atoms with Crippen LogP contribution < -0.4 is 9.64 Å². The Morgan fingerprint density at radius 3 is 2.45 bits per heavy atom. The number of hydrogen-bond donors (Lipinski definition) is 0. The van der Waals surface area contributed by atoms with Crippen molar-refractivity contribution in [3.8, 4) is 5.75 Å². The van der Waals surface area contributed by atoms with Gasteiger partial charge in [-0.2, -0.15) is 13.2 Å². The molecular weight excluding hydrogens is 414 g/mol. The predicted molar refractivity (Wildman–Crippen MR) is 99.7 cm³/mol. The number of rotatable bonds is 4. The highest BCUT2D eigenvalue weighted by Crippen LogP contribution is 2.33. The lowest BCUT2D eigenvalue weighted by Gasteiger charge is -2.36. The zero-order chi connectivity index (χ0) is 21.2. The zero-order valence-corrected chi connectivity index (χ0v) is 16.2. The Kier molecular flexibility index (Phi) is 6.16. The molecule has 1 fully saturated rings. The monoisotopic (exact) mass is 431 g/mol. The van der Waals surface area contributed by atoms with Gasteiger partial charge in [0.25, 0.3) is 0 Å². The van der Waals surface area contributed by atoms with Crippen LogP contribution in [0.1, 0.15) is 11.1 Å². The van der Waals surface area contributed by atoms with E-state index in [9.17, 15) is 22.4 Å². The number of aromatic nitrogens is 1. The van der Waals surface area contributed by atoms with Crippen LogP contribution in [0, 0.1) is 5.82 Å². The van der Waals surface area contributed by atoms with Gasteiger partial charge in [0.1, 0.15) is 5.82 Å². The summed E-state index contributed by atoms with van der Waals surface area (Å²) < 4.78 is 56.9. The molecule has 2 aromatic rings. The second kappa shape index (κ2) is 8.44. The molecule has 2 heterocycles. The summed E-state index contributed by atoms with van der Waals surface area (Å²) in [6.45, 7) is 1.47. The molecule has 0 spiro atoms. The number of carbonyl (C=O) groups excluding carboxylic acids is 1. The Labute approximate surface area is 169 Å². The molecular formula is C19H18ClF4N3O2. The van der Waals surface area contributed by atoms with E-state index in [0.29, 0.717) is 31.7 Å². The number of pyridine rings is 1. The van der Waals surface area contributed by atoms with E-state index in [1.54, 1.807) is 15.9 Å². The summed E-state index contributed by atoms with van der Waals surface area (Å²) in [4.78, 5) is 19.7. The first-order chi connectivity index (χ1) is 13.7. The quantitative estimate of drug-likeness (QED) is 0.691. The Balaban J connectivity index is 1.60. The minimum Gasteiger partial charge on any atom is -0.494 e. The summed E-state index contributed by atoms with van der Waals surface area (Å²) in [6, 6.07) is 5.20. The zero-order valence-electron chi connectivity index (χ0n) is 15.5. The molecule has 1 aliphatic heterocycles. The van der Waals surface area contributed by atoms with Gasteiger partial charge in [-0.1, -0.05) is 17.7 Å². The molecule has 0 atom stereocenters. The lowest BCUT2D eigenvalue weighted by atomic mass is 10.1. The molecule has 0 saturated carbocycles. The molecule has 1 amide bonds. The summed E-state index contributed by atoms with van der Waals surface area (Å²) in [5.74, 6) is -0.342. The number of anilines is 1. The topological polar surface area (TPSA) is 45.7 Å². The number of hydrogen-bond acceptors (Lipinski definition) is 4. The molecule has 0 aliphatic carbocycles. The third-order valence-corrected chi connectivity index (χ3v) is 4.93. The normalized spacial score (nSPS) is 14.8. The average molecular weight is 432 g/mol. The van der Waals surface area contributed by atoms with E-state index in [4.69, 9.17) is 16.3 Å². The largest absolute Gasteiger partial charge is 0.494 e. The van der Waals surface area contributed by atoms with Crippen molar-refractivity contribution in [2.75, 3.05) is 38.2 Å². The smallest absolute Gasteiger partial charge is 0.417 e. The Morgan fingerprint density at radius 1 is 1.21 bits per heavy atom. The summed E-state index contributed by atoms with van der Waals surface area (Å²) in [5, 5.41) is -0.0895. The van der Waals surface area contributed by atoms with Crippen LogP contribution in [0.25, 0.3) is 0 Å². The highest BCUT2D eigenvalue weighted by atomic mass is 35.5. The molecule has 0 radical (unpaired) electrons. The molecule has 156 valence electrons. The van der Waals surface area contributed by atoms with Crippen LogP contribution in [-0.4, -0.2) is 49.1 Å². The maximum Gasteiger partial charge on any atom is 0.417 e. The van der Waals surface area contributed by atoms with E-state index in [1.807, 2.05) is 0 Å². The van der Waals surface area contributed by atoms with Gasteiger partial charge in [-0.25, -0.2) is 9.37 Å². The van der Waals surface area contributed by atoms with Gasteiger partial charge < -0.3 is 14.5 Å². The number of methoxy groups -OCH3 is 1. The Bertz CT molecular complexity index is 900. The van der Waals surface area contributed by atoms with Crippen molar-refractivity contribution in [2.45, 2.75) is 12.6 Å². The number of halogens is 5. The van der Waals surface area contributed by atoms with E-state index in [1.165, 1.54) is 19.2 Å². The van der Waals surface area contributed by atoms with Crippen LogP contribution in [0.2, 0.25) is 5.02 Å². The van der Waals surface area contributed by atoms with Gasteiger partial charge in [0.05, 0.1) is 24.1 Å². The van der Waals surface area contributed by atoms with Crippen molar-refractivity contribution in [3.05, 3.63) is 52.4 Å². The van der Waals surface area contributed by atoms with Crippen LogP contribution in [0.15, 0.2) is 30.5 Å². The van der Waals surface area contributed by atoms with Crippen LogP contribution in [-0.2, 0) is 17.4 Å².